The summed E-state index contributed by atoms with van der Waals surface area (Å²) < 4.78 is 11.0. The first-order valence-electron chi connectivity index (χ1n) is 9.68. The summed E-state index contributed by atoms with van der Waals surface area (Å²) in [6.45, 7) is 8.97. The van der Waals surface area contributed by atoms with Gasteiger partial charge in [0.2, 0.25) is 5.91 Å². The number of hydrogen-bond donors (Lipinski definition) is 2. The van der Waals surface area contributed by atoms with Gasteiger partial charge in [0.1, 0.15) is 11.5 Å². The van der Waals surface area contributed by atoms with Gasteiger partial charge in [0, 0.05) is 6.42 Å². The van der Waals surface area contributed by atoms with Crippen molar-refractivity contribution in [1.82, 2.24) is 5.32 Å². The Morgan fingerprint density at radius 1 is 1.10 bits per heavy atom. The van der Waals surface area contributed by atoms with Crippen LogP contribution in [0.25, 0.3) is 0 Å². The van der Waals surface area contributed by atoms with E-state index >= 15 is 0 Å². The highest BCUT2D eigenvalue weighted by molar-refractivity contribution is 7.80. The number of ether oxygens (including phenoxy) is 2. The fourth-order valence-corrected chi connectivity index (χ4v) is 2.96. The minimum atomic E-state index is -0.152. The number of rotatable bonds is 7. The molecule has 0 aliphatic carbocycles. The number of hydrogen-bond acceptors (Lipinski definition) is 4. The van der Waals surface area contributed by atoms with Crippen molar-refractivity contribution < 1.29 is 14.3 Å². The van der Waals surface area contributed by atoms with Gasteiger partial charge in [0.25, 0.3) is 0 Å². The number of anilines is 1. The monoisotopic (exact) mass is 414 g/mol. The van der Waals surface area contributed by atoms with E-state index in [-0.39, 0.29) is 16.4 Å². The highest BCUT2D eigenvalue weighted by atomic mass is 32.1. The molecule has 5 nitrogen and oxygen atoms in total. The van der Waals surface area contributed by atoms with Gasteiger partial charge < -0.3 is 20.1 Å². The van der Waals surface area contributed by atoms with E-state index in [0.29, 0.717) is 25.2 Å². The molecule has 0 unspecified atom stereocenters. The van der Waals surface area contributed by atoms with E-state index in [0.717, 1.165) is 17.0 Å². The van der Waals surface area contributed by atoms with E-state index in [1.54, 1.807) is 7.11 Å². The maximum absolute atomic E-state index is 12.1. The Kier molecular flexibility index (Phi) is 8.02. The van der Waals surface area contributed by atoms with Crippen molar-refractivity contribution in [1.29, 1.82) is 0 Å². The normalized spacial score (nSPS) is 10.9. The third-order valence-corrected chi connectivity index (χ3v) is 4.60. The van der Waals surface area contributed by atoms with E-state index in [1.165, 1.54) is 5.56 Å². The average Bonchev–Trinajstić information content (AvgIpc) is 2.65. The van der Waals surface area contributed by atoms with Crippen LogP contribution in [0.1, 0.15) is 44.7 Å². The molecule has 0 aliphatic heterocycles. The second-order valence-electron chi connectivity index (χ2n) is 7.93. The minimum absolute atomic E-state index is 0.117. The Hall–Kier alpha value is -2.60. The van der Waals surface area contributed by atoms with Crippen molar-refractivity contribution in [2.24, 2.45) is 0 Å². The topological polar surface area (TPSA) is 59.6 Å². The number of nitrogens with one attached hydrogen (secondary N) is 2. The molecule has 0 aromatic heterocycles. The van der Waals surface area contributed by atoms with Crippen molar-refractivity contribution >= 4 is 28.9 Å². The zero-order valence-corrected chi connectivity index (χ0v) is 18.6. The summed E-state index contributed by atoms with van der Waals surface area (Å²) in [7, 11) is 1.59. The molecule has 29 heavy (non-hydrogen) atoms. The quantitative estimate of drug-likeness (QED) is 0.495. The zero-order chi connectivity index (χ0) is 21.4. The first-order chi connectivity index (χ1) is 13.7. The summed E-state index contributed by atoms with van der Waals surface area (Å²) in [6, 6.07) is 13.8. The van der Waals surface area contributed by atoms with Crippen molar-refractivity contribution in [3.63, 3.8) is 0 Å². The first kappa shape index (κ1) is 22.7. The largest absolute Gasteiger partial charge is 0.495 e. The van der Waals surface area contributed by atoms with Gasteiger partial charge in [-0.25, -0.2) is 0 Å². The van der Waals surface area contributed by atoms with Gasteiger partial charge >= 0.3 is 0 Å². The van der Waals surface area contributed by atoms with Crippen LogP contribution in [0.15, 0.2) is 42.5 Å². The van der Waals surface area contributed by atoms with Gasteiger partial charge in [-0.15, -0.1) is 0 Å². The van der Waals surface area contributed by atoms with Crippen molar-refractivity contribution in [2.75, 3.05) is 19.0 Å². The van der Waals surface area contributed by atoms with E-state index in [4.69, 9.17) is 21.7 Å². The lowest BCUT2D eigenvalue weighted by molar-refractivity contribution is -0.119. The van der Waals surface area contributed by atoms with Gasteiger partial charge in [0.15, 0.2) is 5.11 Å². The average molecular weight is 415 g/mol. The van der Waals surface area contributed by atoms with Crippen LogP contribution in [-0.4, -0.2) is 24.7 Å². The predicted octanol–water partition coefficient (Wildman–Crippen LogP) is 4.97. The summed E-state index contributed by atoms with van der Waals surface area (Å²) in [5.41, 5.74) is 3.16. The van der Waals surface area contributed by atoms with E-state index in [2.05, 4.69) is 43.5 Å². The molecule has 0 fully saturated rings. The standard InChI is InChI=1S/C23H30N2O3S/c1-16-8-13-20(27-5)19(15-16)24-22(29)25-21(26)7-6-14-28-18-11-9-17(10-12-18)23(2,3)4/h8-13,15H,6-7,14H2,1-5H3,(H2,24,25,26,29). The van der Waals surface area contributed by atoms with Crippen molar-refractivity contribution in [3.8, 4) is 11.5 Å². The Bertz CT molecular complexity index is 842. The maximum atomic E-state index is 12.1. The van der Waals surface area contributed by atoms with Gasteiger partial charge in [-0.3, -0.25) is 4.79 Å². The second kappa shape index (κ2) is 10.3. The Morgan fingerprint density at radius 2 is 1.79 bits per heavy atom. The van der Waals surface area contributed by atoms with Crippen LogP contribution in [0.4, 0.5) is 5.69 Å². The zero-order valence-electron chi connectivity index (χ0n) is 17.8. The molecule has 156 valence electrons. The molecule has 0 spiro atoms. The molecule has 2 N–H and O–H groups in total. The van der Waals surface area contributed by atoms with Crippen LogP contribution in [-0.2, 0) is 10.2 Å². The summed E-state index contributed by atoms with van der Waals surface area (Å²) in [5, 5.41) is 5.95. The van der Waals surface area contributed by atoms with Crippen LogP contribution in [0, 0.1) is 6.92 Å². The highest BCUT2D eigenvalue weighted by Crippen LogP contribution is 2.25. The molecule has 0 aliphatic rings. The van der Waals surface area contributed by atoms with Gasteiger partial charge in [0.05, 0.1) is 19.4 Å². The molecule has 2 rings (SSSR count). The molecular formula is C23H30N2O3S. The fourth-order valence-electron chi connectivity index (χ4n) is 2.74. The minimum Gasteiger partial charge on any atom is -0.495 e. The van der Waals surface area contributed by atoms with E-state index in [9.17, 15) is 4.79 Å². The van der Waals surface area contributed by atoms with E-state index in [1.807, 2.05) is 37.3 Å². The molecule has 0 bridgehead atoms. The SMILES string of the molecule is COc1ccc(C)cc1NC(=S)NC(=O)CCCOc1ccc(C(C)(C)C)cc1. The third kappa shape index (κ3) is 7.38. The molecule has 2 aromatic rings. The first-order valence-corrected chi connectivity index (χ1v) is 10.1. The van der Waals surface area contributed by atoms with Crippen LogP contribution in [0.5, 0.6) is 11.5 Å². The molecule has 2 aromatic carbocycles. The molecule has 0 heterocycles. The second-order valence-corrected chi connectivity index (χ2v) is 8.34. The van der Waals surface area contributed by atoms with Crippen molar-refractivity contribution in [3.05, 3.63) is 53.6 Å². The van der Waals surface area contributed by atoms with Crippen molar-refractivity contribution in [2.45, 2.75) is 46.0 Å². The summed E-state index contributed by atoms with van der Waals surface area (Å²) in [6.07, 6.45) is 0.927. The van der Waals surface area contributed by atoms with E-state index < -0.39 is 0 Å². The Morgan fingerprint density at radius 3 is 2.41 bits per heavy atom. The van der Waals surface area contributed by atoms with Crippen LogP contribution in [0.2, 0.25) is 0 Å². The fraction of sp³-hybridized carbons (Fsp3) is 0.391. The number of carbonyl (C=O) groups is 1. The number of aryl methyl sites for hydroxylation is 1. The smallest absolute Gasteiger partial charge is 0.226 e. The van der Waals surface area contributed by atoms with Gasteiger partial charge in [-0.2, -0.15) is 0 Å². The van der Waals surface area contributed by atoms with Crippen LogP contribution in [0.3, 0.4) is 0 Å². The lowest BCUT2D eigenvalue weighted by atomic mass is 9.87. The lowest BCUT2D eigenvalue weighted by Crippen LogP contribution is -2.34. The highest BCUT2D eigenvalue weighted by Gasteiger charge is 2.13. The summed E-state index contributed by atoms with van der Waals surface area (Å²) >= 11 is 5.23. The predicted molar refractivity (Wildman–Crippen MR) is 122 cm³/mol. The lowest BCUT2D eigenvalue weighted by Gasteiger charge is -2.19. The third-order valence-electron chi connectivity index (χ3n) is 4.39. The summed E-state index contributed by atoms with van der Waals surface area (Å²) in [5.74, 6) is 1.32. The van der Waals surface area contributed by atoms with Gasteiger partial charge in [-0.1, -0.05) is 39.0 Å². The Balaban J connectivity index is 1.73. The molecule has 0 saturated carbocycles. The number of carbonyl (C=O) groups excluding carboxylic acids is 1. The molecule has 6 heteroatoms. The molecule has 1 amide bonds. The molecular weight excluding hydrogens is 384 g/mol. The summed E-state index contributed by atoms with van der Waals surface area (Å²) in [4.78, 5) is 12.1. The number of methoxy groups -OCH3 is 1. The molecule has 0 saturated heterocycles. The number of amides is 1. The van der Waals surface area contributed by atoms with Crippen LogP contribution < -0.4 is 20.1 Å². The maximum Gasteiger partial charge on any atom is 0.226 e. The van der Waals surface area contributed by atoms with Gasteiger partial charge in [-0.05, 0) is 66.4 Å². The van der Waals surface area contributed by atoms with Crippen LogP contribution >= 0.6 is 12.2 Å². The number of benzene rings is 2. The molecule has 0 atom stereocenters. The molecule has 0 radical (unpaired) electrons. The number of thiocarbonyl (C=S) groups is 1. The Labute approximate surface area is 178 Å².